The first-order valence-corrected chi connectivity index (χ1v) is 8.60. The first-order chi connectivity index (χ1) is 11.7. The summed E-state index contributed by atoms with van der Waals surface area (Å²) in [5.41, 5.74) is 3.86. The van der Waals surface area contributed by atoms with Crippen LogP contribution in [0.5, 0.6) is 0 Å². The summed E-state index contributed by atoms with van der Waals surface area (Å²) in [6.45, 7) is 0. The number of nitrogens with one attached hydrogen (secondary N) is 1. The molecular formula is C18H19ClN4O. The Morgan fingerprint density at radius 3 is 2.96 bits per heavy atom. The van der Waals surface area contributed by atoms with E-state index in [1.807, 2.05) is 41.1 Å². The lowest BCUT2D eigenvalue weighted by Gasteiger charge is -2.27. The molecular weight excluding hydrogens is 324 g/mol. The SMILES string of the molecule is OC1CCCC(Nc2ccc3ncc(-c4ccnc(Cl)c4)n3c2)C1. The molecule has 4 rings (SSSR count). The van der Waals surface area contributed by atoms with E-state index in [0.29, 0.717) is 11.2 Å². The summed E-state index contributed by atoms with van der Waals surface area (Å²) < 4.78 is 2.05. The first-order valence-electron chi connectivity index (χ1n) is 8.23. The van der Waals surface area contributed by atoms with Gasteiger partial charge < -0.3 is 10.4 Å². The van der Waals surface area contributed by atoms with Gasteiger partial charge >= 0.3 is 0 Å². The Morgan fingerprint density at radius 1 is 1.21 bits per heavy atom. The Bertz CT molecular complexity index is 863. The monoisotopic (exact) mass is 342 g/mol. The third-order valence-electron chi connectivity index (χ3n) is 4.55. The van der Waals surface area contributed by atoms with Gasteiger partial charge in [-0.25, -0.2) is 9.97 Å². The average molecular weight is 343 g/mol. The molecule has 2 N–H and O–H groups in total. The van der Waals surface area contributed by atoms with Gasteiger partial charge in [0.2, 0.25) is 0 Å². The minimum atomic E-state index is -0.192. The van der Waals surface area contributed by atoms with Crippen molar-refractivity contribution < 1.29 is 5.11 Å². The summed E-state index contributed by atoms with van der Waals surface area (Å²) >= 11 is 6.01. The summed E-state index contributed by atoms with van der Waals surface area (Å²) in [6.07, 6.45) is 9.26. The molecule has 124 valence electrons. The smallest absolute Gasteiger partial charge is 0.137 e. The number of aliphatic hydroxyl groups excluding tert-OH is 1. The van der Waals surface area contributed by atoms with Gasteiger partial charge in [0.25, 0.3) is 0 Å². The first kappa shape index (κ1) is 15.4. The number of rotatable bonds is 3. The molecule has 24 heavy (non-hydrogen) atoms. The fraction of sp³-hybridized carbons (Fsp3) is 0.333. The Balaban J connectivity index is 1.66. The van der Waals surface area contributed by atoms with Gasteiger partial charge in [-0.15, -0.1) is 0 Å². The molecule has 1 aliphatic rings. The zero-order valence-corrected chi connectivity index (χ0v) is 13.9. The third kappa shape index (κ3) is 3.09. The van der Waals surface area contributed by atoms with Crippen molar-refractivity contribution in [3.63, 3.8) is 0 Å². The lowest BCUT2D eigenvalue weighted by atomic mass is 9.93. The quantitative estimate of drug-likeness (QED) is 0.711. The molecule has 1 saturated carbocycles. The molecule has 3 heterocycles. The van der Waals surface area contributed by atoms with Crippen molar-refractivity contribution in [2.24, 2.45) is 0 Å². The van der Waals surface area contributed by atoms with Gasteiger partial charge in [-0.1, -0.05) is 11.6 Å². The lowest BCUT2D eigenvalue weighted by molar-refractivity contribution is 0.124. The number of imidazole rings is 1. The number of nitrogens with zero attached hydrogens (tertiary/aromatic N) is 3. The average Bonchev–Trinajstić information content (AvgIpc) is 2.98. The van der Waals surface area contributed by atoms with Crippen LogP contribution in [0, 0.1) is 0 Å². The lowest BCUT2D eigenvalue weighted by Crippen LogP contribution is -2.29. The molecule has 6 heteroatoms. The molecule has 3 aromatic rings. The van der Waals surface area contributed by atoms with Gasteiger partial charge in [0.1, 0.15) is 10.8 Å². The highest BCUT2D eigenvalue weighted by atomic mass is 35.5. The van der Waals surface area contributed by atoms with Crippen molar-refractivity contribution in [3.05, 3.63) is 48.0 Å². The Hall–Kier alpha value is -2.11. The van der Waals surface area contributed by atoms with Crippen LogP contribution < -0.4 is 5.32 Å². The molecule has 0 bridgehead atoms. The fourth-order valence-electron chi connectivity index (χ4n) is 3.37. The summed E-state index contributed by atoms with van der Waals surface area (Å²) in [5.74, 6) is 0. The molecule has 0 saturated heterocycles. The van der Waals surface area contributed by atoms with E-state index in [9.17, 15) is 5.11 Å². The van der Waals surface area contributed by atoms with Crippen molar-refractivity contribution in [1.82, 2.24) is 14.4 Å². The van der Waals surface area contributed by atoms with E-state index in [2.05, 4.69) is 15.3 Å². The zero-order valence-electron chi connectivity index (χ0n) is 13.2. The van der Waals surface area contributed by atoms with Crippen LogP contribution in [0.2, 0.25) is 5.15 Å². The van der Waals surface area contributed by atoms with E-state index in [4.69, 9.17) is 11.6 Å². The summed E-state index contributed by atoms with van der Waals surface area (Å²) in [5, 5.41) is 13.8. The van der Waals surface area contributed by atoms with Crippen LogP contribution in [0.4, 0.5) is 5.69 Å². The van der Waals surface area contributed by atoms with Gasteiger partial charge in [-0.3, -0.25) is 4.40 Å². The maximum atomic E-state index is 9.84. The maximum absolute atomic E-state index is 9.84. The Morgan fingerprint density at radius 2 is 2.12 bits per heavy atom. The maximum Gasteiger partial charge on any atom is 0.137 e. The number of pyridine rings is 2. The molecule has 0 aromatic carbocycles. The Labute approximate surface area is 145 Å². The third-order valence-corrected chi connectivity index (χ3v) is 4.75. The molecule has 5 nitrogen and oxygen atoms in total. The van der Waals surface area contributed by atoms with E-state index in [1.165, 1.54) is 0 Å². The summed E-state index contributed by atoms with van der Waals surface area (Å²) in [4.78, 5) is 8.49. The van der Waals surface area contributed by atoms with Crippen LogP contribution in [0.3, 0.4) is 0 Å². The van der Waals surface area contributed by atoms with E-state index >= 15 is 0 Å². The van der Waals surface area contributed by atoms with Crippen molar-refractivity contribution in [3.8, 4) is 11.3 Å². The number of aromatic nitrogens is 3. The predicted octanol–water partition coefficient (Wildman–Crippen LogP) is 3.77. The molecule has 2 atom stereocenters. The fourth-order valence-corrected chi connectivity index (χ4v) is 3.55. The van der Waals surface area contributed by atoms with Crippen molar-refractivity contribution in [1.29, 1.82) is 0 Å². The minimum Gasteiger partial charge on any atom is -0.393 e. The van der Waals surface area contributed by atoms with E-state index < -0.39 is 0 Å². The van der Waals surface area contributed by atoms with Crippen LogP contribution in [0.15, 0.2) is 42.9 Å². The van der Waals surface area contributed by atoms with Crippen LogP contribution in [-0.2, 0) is 0 Å². The molecule has 3 aromatic heterocycles. The molecule has 1 fully saturated rings. The normalized spacial score (nSPS) is 21.1. The highest BCUT2D eigenvalue weighted by Crippen LogP contribution is 2.26. The van der Waals surface area contributed by atoms with Gasteiger partial charge in [0, 0.05) is 24.0 Å². The zero-order chi connectivity index (χ0) is 16.5. The topological polar surface area (TPSA) is 62.5 Å². The van der Waals surface area contributed by atoms with Crippen LogP contribution in [0.25, 0.3) is 16.9 Å². The number of fused-ring (bicyclic) bond motifs is 1. The predicted molar refractivity (Wildman–Crippen MR) is 95.3 cm³/mol. The minimum absolute atomic E-state index is 0.192. The molecule has 2 unspecified atom stereocenters. The van der Waals surface area contributed by atoms with E-state index in [0.717, 1.165) is 48.3 Å². The summed E-state index contributed by atoms with van der Waals surface area (Å²) in [6, 6.07) is 8.10. The Kier molecular flexibility index (Phi) is 4.12. The van der Waals surface area contributed by atoms with E-state index in [-0.39, 0.29) is 6.10 Å². The molecule has 0 aliphatic heterocycles. The van der Waals surface area contributed by atoms with Crippen LogP contribution >= 0.6 is 11.6 Å². The second kappa shape index (κ2) is 6.42. The van der Waals surface area contributed by atoms with Crippen molar-refractivity contribution >= 4 is 22.9 Å². The van der Waals surface area contributed by atoms with Gasteiger partial charge in [-0.2, -0.15) is 0 Å². The van der Waals surface area contributed by atoms with Crippen LogP contribution in [-0.4, -0.2) is 31.6 Å². The number of anilines is 1. The number of hydrogen-bond acceptors (Lipinski definition) is 4. The van der Waals surface area contributed by atoms with Gasteiger partial charge in [-0.05, 0) is 49.9 Å². The molecule has 0 radical (unpaired) electrons. The number of aliphatic hydroxyl groups is 1. The largest absolute Gasteiger partial charge is 0.393 e. The van der Waals surface area contributed by atoms with Gasteiger partial charge in [0.15, 0.2) is 0 Å². The van der Waals surface area contributed by atoms with E-state index in [1.54, 1.807) is 6.20 Å². The molecule has 0 spiro atoms. The molecule has 1 aliphatic carbocycles. The standard InChI is InChI=1S/C18H19ClN4O/c19-17-8-12(6-7-20-17)16-10-21-18-5-4-14(11-23(16)18)22-13-2-1-3-15(24)9-13/h4-8,10-11,13,15,22,24H,1-3,9H2. The second-order valence-corrected chi connectivity index (χ2v) is 6.71. The van der Waals surface area contributed by atoms with Gasteiger partial charge in [0.05, 0.1) is 23.7 Å². The number of halogens is 1. The van der Waals surface area contributed by atoms with Crippen molar-refractivity contribution in [2.45, 2.75) is 37.8 Å². The highest BCUT2D eigenvalue weighted by Gasteiger charge is 2.20. The molecule has 0 amide bonds. The second-order valence-electron chi connectivity index (χ2n) is 6.32. The number of hydrogen-bond donors (Lipinski definition) is 2. The highest BCUT2D eigenvalue weighted by molar-refractivity contribution is 6.29. The van der Waals surface area contributed by atoms with Crippen LogP contribution in [0.1, 0.15) is 25.7 Å². The summed E-state index contributed by atoms with van der Waals surface area (Å²) in [7, 11) is 0. The van der Waals surface area contributed by atoms with Crippen molar-refractivity contribution in [2.75, 3.05) is 5.32 Å².